The number of carbonyl (C=O) groups is 2. The highest BCUT2D eigenvalue weighted by Gasteiger charge is 2.44. The van der Waals surface area contributed by atoms with Gasteiger partial charge >= 0.3 is 5.97 Å². The second-order valence-electron chi connectivity index (χ2n) is 5.40. The number of hydrogen-bond acceptors (Lipinski definition) is 5. The first-order chi connectivity index (χ1) is 11.0. The summed E-state index contributed by atoms with van der Waals surface area (Å²) in [5, 5.41) is 4.67. The molecule has 6 nitrogen and oxygen atoms in total. The number of pyridine rings is 2. The van der Waals surface area contributed by atoms with Gasteiger partial charge in [-0.05, 0) is 29.9 Å². The van der Waals surface area contributed by atoms with E-state index < -0.39 is 0 Å². The van der Waals surface area contributed by atoms with E-state index in [0.717, 1.165) is 5.39 Å². The summed E-state index contributed by atoms with van der Waals surface area (Å²) in [6.45, 7) is 0. The average molecular weight is 354 g/mol. The minimum atomic E-state index is -0.300. The van der Waals surface area contributed by atoms with E-state index in [1.807, 2.05) is 0 Å². The Balaban J connectivity index is 1.70. The van der Waals surface area contributed by atoms with E-state index in [4.69, 9.17) is 23.2 Å². The van der Waals surface area contributed by atoms with Gasteiger partial charge in [0.25, 0.3) is 0 Å². The number of rotatable bonds is 4. The zero-order valence-electron chi connectivity index (χ0n) is 12.2. The Morgan fingerprint density at radius 2 is 2.17 bits per heavy atom. The molecule has 2 atom stereocenters. The van der Waals surface area contributed by atoms with E-state index in [1.165, 1.54) is 13.3 Å². The van der Waals surface area contributed by atoms with E-state index in [9.17, 15) is 9.59 Å². The van der Waals surface area contributed by atoms with Gasteiger partial charge in [-0.1, -0.05) is 23.2 Å². The number of ether oxygens (including phenoxy) is 1. The van der Waals surface area contributed by atoms with Gasteiger partial charge in [0.15, 0.2) is 0 Å². The summed E-state index contributed by atoms with van der Waals surface area (Å²) in [4.78, 5) is 31.5. The molecule has 1 aliphatic carbocycles. The van der Waals surface area contributed by atoms with Crippen molar-refractivity contribution in [2.24, 2.45) is 11.8 Å². The molecule has 0 saturated heterocycles. The van der Waals surface area contributed by atoms with Crippen LogP contribution in [0, 0.1) is 11.8 Å². The number of aromatic nitrogens is 2. The quantitative estimate of drug-likeness (QED) is 0.674. The number of carbonyl (C=O) groups excluding carboxylic acids is 2. The van der Waals surface area contributed by atoms with Gasteiger partial charge in [-0.3, -0.25) is 9.59 Å². The van der Waals surface area contributed by atoms with Gasteiger partial charge in [-0.2, -0.15) is 0 Å². The maximum absolute atomic E-state index is 12.2. The second-order valence-corrected chi connectivity index (χ2v) is 6.14. The Kier molecular flexibility index (Phi) is 4.37. The van der Waals surface area contributed by atoms with Crippen LogP contribution in [-0.4, -0.2) is 29.0 Å². The van der Waals surface area contributed by atoms with Gasteiger partial charge in [-0.25, -0.2) is 9.97 Å². The molecule has 3 rings (SSSR count). The van der Waals surface area contributed by atoms with Crippen molar-refractivity contribution in [3.05, 3.63) is 28.6 Å². The molecule has 0 aromatic carbocycles. The lowest BCUT2D eigenvalue weighted by atomic mass is 10.2. The summed E-state index contributed by atoms with van der Waals surface area (Å²) >= 11 is 11.9. The third-order valence-electron chi connectivity index (χ3n) is 3.80. The molecule has 1 aliphatic rings. The Labute approximate surface area is 142 Å². The van der Waals surface area contributed by atoms with E-state index in [2.05, 4.69) is 20.0 Å². The second kappa shape index (κ2) is 6.29. The van der Waals surface area contributed by atoms with Crippen LogP contribution in [0.15, 0.2) is 18.3 Å². The fourth-order valence-corrected chi connectivity index (χ4v) is 2.95. The molecule has 0 aliphatic heterocycles. The molecule has 1 N–H and O–H groups in total. The van der Waals surface area contributed by atoms with Crippen molar-refractivity contribution in [1.29, 1.82) is 0 Å². The monoisotopic (exact) mass is 353 g/mol. The van der Waals surface area contributed by atoms with Gasteiger partial charge in [0, 0.05) is 23.9 Å². The predicted molar refractivity (Wildman–Crippen MR) is 86.4 cm³/mol. The maximum atomic E-state index is 12.2. The summed E-state index contributed by atoms with van der Waals surface area (Å²) in [5.41, 5.74) is 0. The molecular formula is C15H13Cl2N3O3. The van der Waals surface area contributed by atoms with Gasteiger partial charge in [0.05, 0.1) is 7.11 Å². The topological polar surface area (TPSA) is 81.2 Å². The van der Waals surface area contributed by atoms with E-state index in [1.54, 1.807) is 12.1 Å². The summed E-state index contributed by atoms with van der Waals surface area (Å²) < 4.78 is 4.60. The lowest BCUT2D eigenvalue weighted by molar-refractivity contribution is -0.141. The minimum Gasteiger partial charge on any atom is -0.469 e. The third kappa shape index (κ3) is 3.54. The normalized spacial score (nSPS) is 19.4. The van der Waals surface area contributed by atoms with Crippen LogP contribution in [0.4, 0.5) is 5.82 Å². The summed E-state index contributed by atoms with van der Waals surface area (Å²) in [7, 11) is 1.34. The van der Waals surface area contributed by atoms with Crippen LogP contribution < -0.4 is 5.32 Å². The molecule has 0 bridgehead atoms. The van der Waals surface area contributed by atoms with Crippen molar-refractivity contribution >= 4 is 51.7 Å². The first kappa shape index (κ1) is 16.0. The summed E-state index contributed by atoms with van der Waals surface area (Å²) in [6.07, 6.45) is 2.47. The molecule has 1 fully saturated rings. The van der Waals surface area contributed by atoms with Gasteiger partial charge in [-0.15, -0.1) is 0 Å². The highest BCUT2D eigenvalue weighted by molar-refractivity contribution is 6.36. The molecule has 0 unspecified atom stereocenters. The van der Waals surface area contributed by atoms with Crippen molar-refractivity contribution in [3.63, 3.8) is 0 Å². The predicted octanol–water partition coefficient (Wildman–Crippen LogP) is 3.07. The van der Waals surface area contributed by atoms with Crippen molar-refractivity contribution in [1.82, 2.24) is 9.97 Å². The molecule has 2 heterocycles. The fourth-order valence-electron chi connectivity index (χ4n) is 2.46. The minimum absolute atomic E-state index is 0.0380. The molecule has 1 saturated carbocycles. The van der Waals surface area contributed by atoms with Crippen molar-refractivity contribution in [3.8, 4) is 0 Å². The van der Waals surface area contributed by atoms with Crippen LogP contribution in [0.25, 0.3) is 10.8 Å². The van der Waals surface area contributed by atoms with Crippen LogP contribution in [0.2, 0.25) is 10.3 Å². The molecule has 1 amide bonds. The molecular weight excluding hydrogens is 341 g/mol. The van der Waals surface area contributed by atoms with Gasteiger partial charge in [0.2, 0.25) is 5.91 Å². The fraction of sp³-hybridized carbons (Fsp3) is 0.333. The Hall–Kier alpha value is -1.92. The Morgan fingerprint density at radius 1 is 1.39 bits per heavy atom. The first-order valence-corrected chi connectivity index (χ1v) is 7.73. The number of halogens is 2. The first-order valence-electron chi connectivity index (χ1n) is 6.97. The standard InChI is InChI=1S/C15H13Cl2N3O3/c1-23-13(21)5-7-2-9(7)15(22)20-12-4-8-3-11(16)19-14(17)10(8)6-18-12/h3-4,6-7,9H,2,5H2,1H3,(H,18,20,22)/t7-,9+/m0/s1. The molecule has 120 valence electrons. The zero-order chi connectivity index (χ0) is 16.6. The average Bonchev–Trinajstić information content (AvgIpc) is 3.25. The third-order valence-corrected chi connectivity index (χ3v) is 4.29. The van der Waals surface area contributed by atoms with Crippen LogP contribution in [0.3, 0.4) is 0 Å². The molecule has 0 radical (unpaired) electrons. The van der Waals surface area contributed by atoms with Crippen molar-refractivity contribution in [2.75, 3.05) is 12.4 Å². The molecule has 23 heavy (non-hydrogen) atoms. The number of methoxy groups -OCH3 is 1. The number of amides is 1. The number of esters is 1. The number of nitrogens with one attached hydrogen (secondary N) is 1. The summed E-state index contributed by atoms with van der Waals surface area (Å²) in [5.74, 6) is -0.195. The van der Waals surface area contributed by atoms with Crippen LogP contribution >= 0.6 is 23.2 Å². The highest BCUT2D eigenvalue weighted by atomic mass is 35.5. The lowest BCUT2D eigenvalue weighted by Gasteiger charge is -2.06. The van der Waals surface area contributed by atoms with Gasteiger partial charge in [0.1, 0.15) is 16.1 Å². The number of fused-ring (bicyclic) bond motifs is 1. The number of nitrogens with zero attached hydrogens (tertiary/aromatic N) is 2. The van der Waals surface area contributed by atoms with Crippen LogP contribution in [0.1, 0.15) is 12.8 Å². The number of hydrogen-bond donors (Lipinski definition) is 1. The highest BCUT2D eigenvalue weighted by Crippen LogP contribution is 2.42. The number of anilines is 1. The SMILES string of the molecule is COC(=O)C[C@@H]1C[C@H]1C(=O)Nc1cc2cc(Cl)nc(Cl)c2cn1. The molecule has 8 heteroatoms. The van der Waals surface area contributed by atoms with E-state index in [0.29, 0.717) is 17.6 Å². The molecule has 2 aromatic heterocycles. The molecule has 0 spiro atoms. The lowest BCUT2D eigenvalue weighted by Crippen LogP contribution is -2.16. The smallest absolute Gasteiger partial charge is 0.305 e. The Bertz CT molecular complexity index is 797. The van der Waals surface area contributed by atoms with Crippen LogP contribution in [-0.2, 0) is 14.3 Å². The van der Waals surface area contributed by atoms with Crippen molar-refractivity contribution in [2.45, 2.75) is 12.8 Å². The largest absolute Gasteiger partial charge is 0.469 e. The zero-order valence-corrected chi connectivity index (χ0v) is 13.7. The van der Waals surface area contributed by atoms with E-state index >= 15 is 0 Å². The van der Waals surface area contributed by atoms with Crippen LogP contribution in [0.5, 0.6) is 0 Å². The van der Waals surface area contributed by atoms with Gasteiger partial charge < -0.3 is 10.1 Å². The summed E-state index contributed by atoms with van der Waals surface area (Å²) in [6, 6.07) is 3.33. The Morgan fingerprint density at radius 3 is 2.91 bits per heavy atom. The maximum Gasteiger partial charge on any atom is 0.305 e. The van der Waals surface area contributed by atoms with E-state index in [-0.39, 0.29) is 40.4 Å². The molecule has 2 aromatic rings. The van der Waals surface area contributed by atoms with Crippen molar-refractivity contribution < 1.29 is 14.3 Å².